The maximum Gasteiger partial charge on any atom is 0.260 e. The van der Waals surface area contributed by atoms with Crippen molar-refractivity contribution in [1.29, 1.82) is 0 Å². The van der Waals surface area contributed by atoms with Gasteiger partial charge in [-0.05, 0) is 47.0 Å². The summed E-state index contributed by atoms with van der Waals surface area (Å²) >= 11 is 6.19. The second-order valence-corrected chi connectivity index (χ2v) is 11.1. The normalized spacial score (nSPS) is 25.0. The zero-order valence-corrected chi connectivity index (χ0v) is 22.6. The highest BCUT2D eigenvalue weighted by atomic mass is 35.5. The van der Waals surface area contributed by atoms with E-state index in [2.05, 4.69) is 0 Å². The minimum Gasteiger partial charge on any atom is -0.458 e. The van der Waals surface area contributed by atoms with E-state index in [1.807, 2.05) is 126 Å². The molecule has 2 atom stereocenters. The number of hydrogen-bond donors (Lipinski definition) is 0. The molecule has 40 heavy (non-hydrogen) atoms. The second kappa shape index (κ2) is 9.63. The number of halogens is 1. The average molecular weight is 550 g/mol. The van der Waals surface area contributed by atoms with Crippen LogP contribution in [0.15, 0.2) is 121 Å². The van der Waals surface area contributed by atoms with Gasteiger partial charge in [0.2, 0.25) is 5.91 Å². The van der Waals surface area contributed by atoms with Crippen LogP contribution in [0.25, 0.3) is 5.76 Å². The number of likely N-dealkylation sites (tertiary alicyclic amines) is 1. The van der Waals surface area contributed by atoms with Gasteiger partial charge in [0.15, 0.2) is 5.60 Å². The quantitative estimate of drug-likeness (QED) is 0.249. The number of carbonyl (C=O) groups is 1. The van der Waals surface area contributed by atoms with E-state index in [0.29, 0.717) is 36.7 Å². The van der Waals surface area contributed by atoms with Crippen molar-refractivity contribution in [3.8, 4) is 0 Å². The summed E-state index contributed by atoms with van der Waals surface area (Å²) in [6, 6.07) is 37.5. The number of piperidine rings is 1. The summed E-state index contributed by atoms with van der Waals surface area (Å²) in [5.74, 6) is -0.738. The molecule has 4 aromatic carbocycles. The Morgan fingerprint density at radius 1 is 0.750 bits per heavy atom. The van der Waals surface area contributed by atoms with E-state index in [9.17, 15) is 4.79 Å². The third-order valence-electron chi connectivity index (χ3n) is 8.38. The van der Waals surface area contributed by atoms with Crippen LogP contribution < -0.4 is 0 Å². The van der Waals surface area contributed by atoms with Crippen molar-refractivity contribution < 1.29 is 19.3 Å². The number of rotatable bonds is 5. The SMILES string of the molecule is O=C1N(Cc2ccccc2)CCC23OOC(c4ccccc4)(c4ccccc4)CC12C=C(c1ccc(Cl)cc1)O3. The van der Waals surface area contributed by atoms with E-state index in [4.69, 9.17) is 26.1 Å². The van der Waals surface area contributed by atoms with Gasteiger partial charge in [0.25, 0.3) is 5.79 Å². The van der Waals surface area contributed by atoms with Crippen molar-refractivity contribution in [3.63, 3.8) is 0 Å². The number of carbonyl (C=O) groups excluding carboxylic acids is 1. The number of benzene rings is 4. The maximum absolute atomic E-state index is 14.8. The molecular weight excluding hydrogens is 522 g/mol. The van der Waals surface area contributed by atoms with E-state index >= 15 is 0 Å². The van der Waals surface area contributed by atoms with Crippen molar-refractivity contribution in [3.05, 3.63) is 149 Å². The number of ether oxygens (including phenoxy) is 1. The van der Waals surface area contributed by atoms with Gasteiger partial charge < -0.3 is 9.64 Å². The minimum absolute atomic E-state index is 0.0360. The predicted octanol–water partition coefficient (Wildman–Crippen LogP) is 7.12. The largest absolute Gasteiger partial charge is 0.458 e. The van der Waals surface area contributed by atoms with Gasteiger partial charge in [-0.3, -0.25) is 4.79 Å². The lowest BCUT2D eigenvalue weighted by Crippen LogP contribution is -2.67. The Morgan fingerprint density at radius 3 is 1.98 bits per heavy atom. The Balaban J connectivity index is 1.40. The Morgan fingerprint density at radius 2 is 1.35 bits per heavy atom. The molecule has 0 aliphatic carbocycles. The van der Waals surface area contributed by atoms with Gasteiger partial charge in [-0.15, -0.1) is 0 Å². The van der Waals surface area contributed by atoms with E-state index in [0.717, 1.165) is 22.3 Å². The van der Waals surface area contributed by atoms with Crippen molar-refractivity contribution in [2.24, 2.45) is 5.41 Å². The van der Waals surface area contributed by atoms with Gasteiger partial charge in [0.1, 0.15) is 11.2 Å². The molecule has 0 spiro atoms. The molecule has 4 aromatic rings. The molecule has 3 heterocycles. The highest BCUT2D eigenvalue weighted by molar-refractivity contribution is 6.30. The summed E-state index contributed by atoms with van der Waals surface area (Å²) in [5.41, 5.74) is 1.54. The fourth-order valence-corrected chi connectivity index (χ4v) is 6.47. The van der Waals surface area contributed by atoms with Crippen LogP contribution in [0.2, 0.25) is 5.02 Å². The van der Waals surface area contributed by atoms with E-state index in [1.165, 1.54) is 0 Å². The Labute approximate surface area is 238 Å². The zero-order chi connectivity index (χ0) is 27.2. The topological polar surface area (TPSA) is 48.0 Å². The highest BCUT2D eigenvalue weighted by Crippen LogP contribution is 2.63. The Hall–Kier alpha value is -3.90. The summed E-state index contributed by atoms with van der Waals surface area (Å²) in [5, 5.41) is 0.630. The molecule has 5 nitrogen and oxygen atoms in total. The van der Waals surface area contributed by atoms with Gasteiger partial charge in [-0.1, -0.05) is 103 Å². The molecule has 0 bridgehead atoms. The average Bonchev–Trinajstić information content (AvgIpc) is 3.37. The van der Waals surface area contributed by atoms with Crippen LogP contribution in [0.5, 0.6) is 0 Å². The third kappa shape index (κ3) is 3.88. The molecule has 2 fully saturated rings. The van der Waals surface area contributed by atoms with E-state index in [-0.39, 0.29) is 5.91 Å². The molecule has 3 aliphatic heterocycles. The van der Waals surface area contributed by atoms with Gasteiger partial charge in [0, 0.05) is 36.5 Å². The van der Waals surface area contributed by atoms with Crippen LogP contribution in [-0.2, 0) is 31.5 Å². The van der Waals surface area contributed by atoms with Gasteiger partial charge in [-0.25, -0.2) is 4.89 Å². The molecular formula is C34H28ClNO4. The summed E-state index contributed by atoms with van der Waals surface area (Å²) < 4.78 is 6.63. The lowest BCUT2D eigenvalue weighted by atomic mass is 9.64. The summed E-state index contributed by atoms with van der Waals surface area (Å²) in [4.78, 5) is 29.6. The van der Waals surface area contributed by atoms with Crippen LogP contribution in [0.3, 0.4) is 0 Å². The van der Waals surface area contributed by atoms with Gasteiger partial charge in [-0.2, -0.15) is 4.89 Å². The fraction of sp³-hybridized carbons (Fsp3) is 0.206. The molecule has 200 valence electrons. The molecule has 3 aliphatic rings. The minimum atomic E-state index is -1.29. The van der Waals surface area contributed by atoms with Crippen molar-refractivity contribution in [2.45, 2.75) is 30.8 Å². The first kappa shape index (κ1) is 25.1. The van der Waals surface area contributed by atoms with Crippen molar-refractivity contribution >= 4 is 23.3 Å². The lowest BCUT2D eigenvalue weighted by molar-refractivity contribution is -0.501. The molecule has 2 saturated heterocycles. The number of nitrogens with zero attached hydrogens (tertiary/aromatic N) is 1. The van der Waals surface area contributed by atoms with Gasteiger partial charge in [0.05, 0.1) is 0 Å². The van der Waals surface area contributed by atoms with Crippen molar-refractivity contribution in [1.82, 2.24) is 4.90 Å². The van der Waals surface area contributed by atoms with Crippen LogP contribution in [-0.4, -0.2) is 23.1 Å². The monoisotopic (exact) mass is 549 g/mol. The fourth-order valence-electron chi connectivity index (χ4n) is 6.34. The molecule has 0 radical (unpaired) electrons. The second-order valence-electron chi connectivity index (χ2n) is 10.7. The van der Waals surface area contributed by atoms with E-state index < -0.39 is 16.8 Å². The predicted molar refractivity (Wildman–Crippen MR) is 153 cm³/mol. The summed E-state index contributed by atoms with van der Waals surface area (Å²) in [7, 11) is 0. The number of hydrogen-bond acceptors (Lipinski definition) is 4. The van der Waals surface area contributed by atoms with Crippen LogP contribution in [0.1, 0.15) is 35.1 Å². The highest BCUT2D eigenvalue weighted by Gasteiger charge is 2.72. The van der Waals surface area contributed by atoms with Crippen molar-refractivity contribution in [2.75, 3.05) is 6.54 Å². The molecule has 6 heteroatoms. The van der Waals surface area contributed by atoms with E-state index in [1.54, 1.807) is 0 Å². The smallest absolute Gasteiger partial charge is 0.260 e. The first-order valence-electron chi connectivity index (χ1n) is 13.5. The van der Waals surface area contributed by atoms with Gasteiger partial charge >= 0.3 is 0 Å². The van der Waals surface area contributed by atoms with Crippen LogP contribution in [0, 0.1) is 5.41 Å². The first-order chi connectivity index (χ1) is 19.5. The molecule has 0 N–H and O–H groups in total. The van der Waals surface area contributed by atoms with Crippen LogP contribution >= 0.6 is 11.6 Å². The summed E-state index contributed by atoms with van der Waals surface area (Å²) in [6.45, 7) is 0.983. The Bertz CT molecular complexity index is 1520. The number of amides is 1. The third-order valence-corrected chi connectivity index (χ3v) is 8.64. The van der Waals surface area contributed by atoms with Crippen LogP contribution in [0.4, 0.5) is 0 Å². The Kier molecular flexibility index (Phi) is 6.04. The lowest BCUT2D eigenvalue weighted by Gasteiger charge is -2.55. The zero-order valence-electron chi connectivity index (χ0n) is 21.8. The molecule has 2 unspecified atom stereocenters. The first-order valence-corrected chi connectivity index (χ1v) is 13.9. The maximum atomic E-state index is 14.8. The standard InChI is InChI=1S/C34H28ClNO4/c35-29-18-16-26(17-19-29)30-22-32-24-33(27-12-6-2-7-13-27,28-14-8-3-9-15-28)39-40-34(32,38-30)20-21-36(31(32)37)23-25-10-4-1-5-11-25/h1-19,22H,20-21,23-24H2. The molecule has 0 saturated carbocycles. The molecule has 0 aromatic heterocycles. The molecule has 1 amide bonds. The molecule has 7 rings (SSSR count). The summed E-state index contributed by atoms with van der Waals surface area (Å²) in [6.07, 6.45) is 2.74.